The molecule has 2 aromatic carbocycles. The van der Waals surface area contributed by atoms with E-state index < -0.39 is 0 Å². The molecule has 4 rings (SSSR count). The van der Waals surface area contributed by atoms with Gasteiger partial charge in [-0.15, -0.1) is 0 Å². The van der Waals surface area contributed by atoms with Gasteiger partial charge in [0.15, 0.2) is 0 Å². The number of piperidine rings is 1. The van der Waals surface area contributed by atoms with Crippen LogP contribution in [0.15, 0.2) is 48.5 Å². The average molecular weight is 350 g/mol. The Balaban J connectivity index is 1.44. The van der Waals surface area contributed by atoms with E-state index in [0.717, 1.165) is 44.6 Å². The molecule has 0 radical (unpaired) electrons. The molecule has 1 saturated heterocycles. The second kappa shape index (κ2) is 7.12. The number of nitrogens with one attached hydrogen (secondary N) is 1. The third-order valence-corrected chi connectivity index (χ3v) is 5.95. The minimum Gasteiger partial charge on any atom is -0.497 e. The number of benzene rings is 2. The number of nitrogens with zero attached hydrogens (tertiary/aromatic N) is 1. The lowest BCUT2D eigenvalue weighted by molar-refractivity contribution is -0.133. The Kier molecular flexibility index (Phi) is 4.68. The molecule has 1 amide bonds. The van der Waals surface area contributed by atoms with Crippen molar-refractivity contribution in [2.24, 2.45) is 5.41 Å². The Labute approximate surface area is 155 Å². The van der Waals surface area contributed by atoms with Crippen LogP contribution in [0.4, 0.5) is 0 Å². The molecule has 2 aliphatic rings. The third kappa shape index (κ3) is 3.34. The molecule has 0 aliphatic carbocycles. The fourth-order valence-electron chi connectivity index (χ4n) is 4.24. The standard InChI is InChI=1S/C22H26N2O2/c1-26-20-8-6-17(7-9-20)16-24-12-10-22(11-13-24)14-18-4-2-3-5-19(18)15-23-21(22)25/h2-9H,10-16H2,1H3,(H,23,25). The molecular weight excluding hydrogens is 324 g/mol. The first kappa shape index (κ1) is 17.1. The SMILES string of the molecule is COc1ccc(CN2CCC3(CC2)Cc2ccccc2CNC3=O)cc1. The maximum Gasteiger partial charge on any atom is 0.226 e. The summed E-state index contributed by atoms with van der Waals surface area (Å²) in [6, 6.07) is 16.7. The van der Waals surface area contributed by atoms with E-state index in [4.69, 9.17) is 4.74 Å². The van der Waals surface area contributed by atoms with E-state index in [0.29, 0.717) is 6.54 Å². The van der Waals surface area contributed by atoms with Crippen molar-refractivity contribution in [1.82, 2.24) is 10.2 Å². The van der Waals surface area contributed by atoms with Crippen molar-refractivity contribution in [3.63, 3.8) is 0 Å². The van der Waals surface area contributed by atoms with E-state index in [1.807, 2.05) is 12.1 Å². The number of ether oxygens (including phenoxy) is 1. The quantitative estimate of drug-likeness (QED) is 0.925. The number of carbonyl (C=O) groups excluding carboxylic acids is 1. The molecule has 2 heterocycles. The van der Waals surface area contributed by atoms with Crippen molar-refractivity contribution in [2.75, 3.05) is 20.2 Å². The number of rotatable bonds is 3. The summed E-state index contributed by atoms with van der Waals surface area (Å²) in [7, 11) is 1.69. The van der Waals surface area contributed by atoms with Crippen LogP contribution in [-0.2, 0) is 24.3 Å². The third-order valence-electron chi connectivity index (χ3n) is 5.95. The topological polar surface area (TPSA) is 41.6 Å². The number of hydrogen-bond donors (Lipinski definition) is 1. The first-order chi connectivity index (χ1) is 12.7. The number of hydrogen-bond acceptors (Lipinski definition) is 3. The maximum absolute atomic E-state index is 12.9. The molecule has 1 spiro atoms. The summed E-state index contributed by atoms with van der Waals surface area (Å²) in [4.78, 5) is 15.3. The van der Waals surface area contributed by atoms with Crippen LogP contribution >= 0.6 is 0 Å². The van der Waals surface area contributed by atoms with Crippen molar-refractivity contribution in [3.05, 3.63) is 65.2 Å². The van der Waals surface area contributed by atoms with Gasteiger partial charge in [0, 0.05) is 13.1 Å². The highest BCUT2D eigenvalue weighted by Crippen LogP contribution is 2.38. The van der Waals surface area contributed by atoms with Gasteiger partial charge >= 0.3 is 0 Å². The second-order valence-electron chi connectivity index (χ2n) is 7.53. The molecule has 2 aliphatic heterocycles. The van der Waals surface area contributed by atoms with Crippen LogP contribution in [0.25, 0.3) is 0 Å². The Morgan fingerprint density at radius 1 is 1.04 bits per heavy atom. The Morgan fingerprint density at radius 2 is 1.73 bits per heavy atom. The molecule has 0 saturated carbocycles. The van der Waals surface area contributed by atoms with E-state index in [1.54, 1.807) is 7.11 Å². The van der Waals surface area contributed by atoms with Crippen LogP contribution in [-0.4, -0.2) is 31.0 Å². The van der Waals surface area contributed by atoms with Crippen molar-refractivity contribution in [1.29, 1.82) is 0 Å². The largest absolute Gasteiger partial charge is 0.497 e. The van der Waals surface area contributed by atoms with E-state index in [9.17, 15) is 4.79 Å². The van der Waals surface area contributed by atoms with Crippen LogP contribution in [0.1, 0.15) is 29.5 Å². The van der Waals surface area contributed by atoms with Crippen molar-refractivity contribution < 1.29 is 9.53 Å². The fourth-order valence-corrected chi connectivity index (χ4v) is 4.24. The summed E-state index contributed by atoms with van der Waals surface area (Å²) in [5.41, 5.74) is 3.63. The van der Waals surface area contributed by atoms with Gasteiger partial charge in [0.25, 0.3) is 0 Å². The van der Waals surface area contributed by atoms with Crippen LogP contribution < -0.4 is 10.1 Å². The van der Waals surface area contributed by atoms with Gasteiger partial charge in [-0.25, -0.2) is 0 Å². The Bertz CT molecular complexity index is 777. The monoisotopic (exact) mass is 350 g/mol. The van der Waals surface area contributed by atoms with E-state index in [1.165, 1.54) is 16.7 Å². The highest BCUT2D eigenvalue weighted by atomic mass is 16.5. The second-order valence-corrected chi connectivity index (χ2v) is 7.53. The zero-order valence-corrected chi connectivity index (χ0v) is 15.3. The molecule has 0 aromatic heterocycles. The lowest BCUT2D eigenvalue weighted by Gasteiger charge is -2.40. The summed E-state index contributed by atoms with van der Waals surface area (Å²) in [5.74, 6) is 1.12. The summed E-state index contributed by atoms with van der Waals surface area (Å²) < 4.78 is 5.23. The zero-order valence-electron chi connectivity index (χ0n) is 15.3. The molecule has 1 fully saturated rings. The molecule has 136 valence electrons. The van der Waals surface area contributed by atoms with Crippen molar-refractivity contribution >= 4 is 5.91 Å². The highest BCUT2D eigenvalue weighted by molar-refractivity contribution is 5.83. The summed E-state index contributed by atoms with van der Waals surface area (Å²) in [5, 5.41) is 3.17. The molecular formula is C22H26N2O2. The lowest BCUT2D eigenvalue weighted by atomic mass is 9.73. The summed E-state index contributed by atoms with van der Waals surface area (Å²) in [6.07, 6.45) is 2.71. The molecule has 2 aromatic rings. The minimum atomic E-state index is -0.247. The summed E-state index contributed by atoms with van der Waals surface area (Å²) >= 11 is 0. The van der Waals surface area contributed by atoms with Gasteiger partial charge in [-0.2, -0.15) is 0 Å². The predicted molar refractivity (Wildman–Crippen MR) is 102 cm³/mol. The van der Waals surface area contributed by atoms with Gasteiger partial charge in [-0.1, -0.05) is 36.4 Å². The normalized spacial score (nSPS) is 19.5. The molecule has 0 bridgehead atoms. The Morgan fingerprint density at radius 3 is 2.42 bits per heavy atom. The zero-order chi connectivity index (χ0) is 18.0. The number of fused-ring (bicyclic) bond motifs is 1. The number of carbonyl (C=O) groups is 1. The van der Waals surface area contributed by atoms with Gasteiger partial charge in [-0.05, 0) is 61.2 Å². The van der Waals surface area contributed by atoms with Gasteiger partial charge in [-0.3, -0.25) is 9.69 Å². The molecule has 1 N–H and O–H groups in total. The number of amides is 1. The van der Waals surface area contributed by atoms with Crippen molar-refractivity contribution in [2.45, 2.75) is 32.4 Å². The first-order valence-corrected chi connectivity index (χ1v) is 9.39. The molecule has 0 unspecified atom stereocenters. The van der Waals surface area contributed by atoms with Crippen molar-refractivity contribution in [3.8, 4) is 5.75 Å². The smallest absolute Gasteiger partial charge is 0.226 e. The van der Waals surface area contributed by atoms with Crippen LogP contribution in [0.3, 0.4) is 0 Å². The van der Waals surface area contributed by atoms with E-state index in [2.05, 4.69) is 46.6 Å². The van der Waals surface area contributed by atoms with E-state index >= 15 is 0 Å². The van der Waals surface area contributed by atoms with Gasteiger partial charge in [0.2, 0.25) is 5.91 Å². The number of likely N-dealkylation sites (tertiary alicyclic amines) is 1. The summed E-state index contributed by atoms with van der Waals surface area (Å²) in [6.45, 7) is 3.51. The van der Waals surface area contributed by atoms with Gasteiger partial charge in [0.05, 0.1) is 12.5 Å². The van der Waals surface area contributed by atoms with Crippen LogP contribution in [0.2, 0.25) is 0 Å². The Hall–Kier alpha value is -2.33. The maximum atomic E-state index is 12.9. The molecule has 26 heavy (non-hydrogen) atoms. The average Bonchev–Trinajstić information content (AvgIpc) is 2.82. The van der Waals surface area contributed by atoms with Crippen LogP contribution in [0, 0.1) is 5.41 Å². The predicted octanol–water partition coefficient (Wildman–Crippen LogP) is 3.15. The van der Waals surface area contributed by atoms with E-state index in [-0.39, 0.29) is 11.3 Å². The highest BCUT2D eigenvalue weighted by Gasteiger charge is 2.42. The lowest BCUT2D eigenvalue weighted by Crippen LogP contribution is -2.48. The molecule has 4 nitrogen and oxygen atoms in total. The molecule has 4 heteroatoms. The van der Waals surface area contributed by atoms with Gasteiger partial charge in [0.1, 0.15) is 5.75 Å². The number of methoxy groups -OCH3 is 1. The minimum absolute atomic E-state index is 0.234. The first-order valence-electron chi connectivity index (χ1n) is 9.39. The fraction of sp³-hybridized carbons (Fsp3) is 0.409. The van der Waals surface area contributed by atoms with Gasteiger partial charge < -0.3 is 10.1 Å². The van der Waals surface area contributed by atoms with Crippen LogP contribution in [0.5, 0.6) is 5.75 Å². The molecule has 0 atom stereocenters.